The molecule has 6 nitrogen and oxygen atoms in total. The molecule has 25 heavy (non-hydrogen) atoms. The molecule has 0 aromatic heterocycles. The van der Waals surface area contributed by atoms with Gasteiger partial charge in [-0.05, 0) is 41.5 Å². The largest absolute Gasteiger partial charge is 0.298 e. The minimum atomic E-state index is -0.595. The van der Waals surface area contributed by atoms with E-state index < -0.39 is 14.5 Å². The van der Waals surface area contributed by atoms with Crippen LogP contribution in [0.2, 0.25) is 0 Å². The van der Waals surface area contributed by atoms with Crippen molar-refractivity contribution < 1.29 is 48.2 Å². The second-order valence-corrected chi connectivity index (χ2v) is 7.50. The number of hydrogen-bond donors (Lipinski definition) is 0. The summed E-state index contributed by atoms with van der Waals surface area (Å²) in [7, 11) is 0. The molecule has 147 valence electrons. The summed E-state index contributed by atoms with van der Waals surface area (Å²) >= 11 is 8.72. The Balaban J connectivity index is -0.000000130. The standard InChI is InChI=1S/3C5H7BrO2.Rh/c3*1-3(7)5(6)4(2)8;/h3*5H,1-2H3;. The third kappa shape index (κ3) is 20.2. The van der Waals surface area contributed by atoms with Crippen molar-refractivity contribution in [2.24, 2.45) is 0 Å². The first kappa shape index (κ1) is 32.7. The minimum Gasteiger partial charge on any atom is -0.298 e. The Morgan fingerprint density at radius 3 is 0.520 bits per heavy atom. The Labute approximate surface area is 185 Å². The molecule has 0 heterocycles. The number of Topliss-reactive ketones (excluding diaryl/α,β-unsaturated/α-hetero) is 6. The van der Waals surface area contributed by atoms with Gasteiger partial charge in [-0.2, -0.15) is 0 Å². The van der Waals surface area contributed by atoms with Crippen LogP contribution in [0.4, 0.5) is 0 Å². The van der Waals surface area contributed by atoms with Crippen LogP contribution in [0.25, 0.3) is 0 Å². The van der Waals surface area contributed by atoms with Gasteiger partial charge >= 0.3 is 0 Å². The van der Waals surface area contributed by atoms with E-state index in [1.165, 1.54) is 41.5 Å². The summed E-state index contributed by atoms with van der Waals surface area (Å²) in [4.78, 5) is 60.1. The van der Waals surface area contributed by atoms with Gasteiger partial charge in [-0.25, -0.2) is 0 Å². The molecule has 0 fully saturated rings. The second kappa shape index (κ2) is 17.5. The first-order chi connectivity index (χ1) is 10.7. The molecule has 0 aliphatic heterocycles. The summed E-state index contributed by atoms with van der Waals surface area (Å²) in [5, 5.41) is 0. The predicted octanol–water partition coefficient (Wildman–Crippen LogP) is 2.78. The summed E-state index contributed by atoms with van der Waals surface area (Å²) in [6.07, 6.45) is 0. The maximum Gasteiger partial charge on any atom is 0.150 e. The van der Waals surface area contributed by atoms with Crippen LogP contribution in [-0.2, 0) is 48.2 Å². The van der Waals surface area contributed by atoms with Crippen LogP contribution < -0.4 is 0 Å². The molecule has 0 aliphatic carbocycles. The van der Waals surface area contributed by atoms with Crippen LogP contribution in [0, 0.1) is 0 Å². The van der Waals surface area contributed by atoms with Crippen LogP contribution in [-0.4, -0.2) is 49.2 Å². The van der Waals surface area contributed by atoms with Gasteiger partial charge in [0.25, 0.3) is 0 Å². The van der Waals surface area contributed by atoms with Crippen LogP contribution in [0.3, 0.4) is 0 Å². The van der Waals surface area contributed by atoms with Crippen LogP contribution in [0.15, 0.2) is 0 Å². The quantitative estimate of drug-likeness (QED) is 0.252. The van der Waals surface area contributed by atoms with E-state index in [2.05, 4.69) is 47.8 Å². The Hall–Kier alpha value is 0.0834. The fourth-order valence-corrected chi connectivity index (χ4v) is 0.859. The monoisotopic (exact) mass is 637 g/mol. The van der Waals surface area contributed by atoms with E-state index in [0.29, 0.717) is 0 Å². The smallest absolute Gasteiger partial charge is 0.150 e. The first-order valence-electron chi connectivity index (χ1n) is 6.61. The molecule has 0 aromatic rings. The average Bonchev–Trinajstić information content (AvgIpc) is 2.45. The molecule has 0 rings (SSSR count). The number of halogens is 3. The molecule has 0 aliphatic rings. The van der Waals surface area contributed by atoms with E-state index >= 15 is 0 Å². The van der Waals surface area contributed by atoms with Gasteiger partial charge in [0, 0.05) is 19.5 Å². The molecule has 0 amide bonds. The number of rotatable bonds is 6. The zero-order valence-electron chi connectivity index (χ0n) is 14.6. The number of alkyl halides is 3. The molecule has 10 heteroatoms. The van der Waals surface area contributed by atoms with Crippen molar-refractivity contribution in [2.75, 3.05) is 0 Å². The van der Waals surface area contributed by atoms with E-state index in [0.717, 1.165) is 0 Å². The van der Waals surface area contributed by atoms with Crippen molar-refractivity contribution in [1.29, 1.82) is 0 Å². The fraction of sp³-hybridized carbons (Fsp3) is 0.600. The van der Waals surface area contributed by atoms with Crippen molar-refractivity contribution in [3.05, 3.63) is 0 Å². The average molecular weight is 640 g/mol. The Bertz CT molecular complexity index is 394. The van der Waals surface area contributed by atoms with Crippen molar-refractivity contribution in [2.45, 2.75) is 56.0 Å². The molecule has 0 N–H and O–H groups in total. The molecule has 0 spiro atoms. The van der Waals surface area contributed by atoms with Gasteiger partial charge in [-0.1, -0.05) is 47.8 Å². The fourth-order valence-electron chi connectivity index (χ4n) is 0.859. The molecule has 0 bridgehead atoms. The second-order valence-electron chi connectivity index (χ2n) is 4.75. The Morgan fingerprint density at radius 1 is 0.440 bits per heavy atom. The number of hydrogen-bond acceptors (Lipinski definition) is 6. The summed E-state index contributed by atoms with van der Waals surface area (Å²) in [6, 6.07) is 0. The molecule has 0 saturated heterocycles. The molecule has 0 unspecified atom stereocenters. The van der Waals surface area contributed by atoms with E-state index in [9.17, 15) is 28.8 Å². The molecule has 0 saturated carbocycles. The van der Waals surface area contributed by atoms with Crippen LogP contribution >= 0.6 is 47.8 Å². The Morgan fingerprint density at radius 2 is 0.520 bits per heavy atom. The van der Waals surface area contributed by atoms with Crippen molar-refractivity contribution in [1.82, 2.24) is 0 Å². The topological polar surface area (TPSA) is 102 Å². The van der Waals surface area contributed by atoms with Gasteiger partial charge in [0.2, 0.25) is 0 Å². The van der Waals surface area contributed by atoms with Crippen molar-refractivity contribution in [3.63, 3.8) is 0 Å². The van der Waals surface area contributed by atoms with Gasteiger partial charge in [-0.15, -0.1) is 0 Å². The third-order valence-corrected chi connectivity index (χ3v) is 6.01. The van der Waals surface area contributed by atoms with Crippen molar-refractivity contribution >= 4 is 82.5 Å². The Kier molecular flexibility index (Phi) is 22.9. The first-order valence-corrected chi connectivity index (χ1v) is 9.36. The molecular formula is C15H21Br3O6Rh. The molecular weight excluding hydrogens is 619 g/mol. The van der Waals surface area contributed by atoms with Gasteiger partial charge < -0.3 is 0 Å². The summed E-state index contributed by atoms with van der Waals surface area (Å²) < 4.78 is 0. The van der Waals surface area contributed by atoms with Gasteiger partial charge in [0.15, 0.2) is 34.7 Å². The van der Waals surface area contributed by atoms with Crippen LogP contribution in [0.1, 0.15) is 41.5 Å². The summed E-state index contributed by atoms with van der Waals surface area (Å²) in [5.41, 5.74) is 0. The predicted molar refractivity (Wildman–Crippen MR) is 102 cm³/mol. The summed E-state index contributed by atoms with van der Waals surface area (Å²) in [5.74, 6) is -0.847. The van der Waals surface area contributed by atoms with E-state index in [4.69, 9.17) is 0 Å². The SMILES string of the molecule is CC(=O)C(Br)C(C)=O.CC(=O)C(Br)C(C)=O.CC(=O)C(Br)C(C)=O.[Rh]. The zero-order chi connectivity index (χ0) is 20.2. The van der Waals surface area contributed by atoms with Crippen molar-refractivity contribution in [3.8, 4) is 0 Å². The maximum atomic E-state index is 10.3. The normalized spacial score (nSPS) is 9.12. The van der Waals surface area contributed by atoms with E-state index in [-0.39, 0.29) is 54.2 Å². The van der Waals surface area contributed by atoms with Gasteiger partial charge in [0.1, 0.15) is 14.5 Å². The van der Waals surface area contributed by atoms with E-state index in [1.54, 1.807) is 0 Å². The number of carbonyl (C=O) groups is 6. The minimum absolute atomic E-state index is 0. The maximum absolute atomic E-state index is 10.3. The molecule has 1 radical (unpaired) electrons. The van der Waals surface area contributed by atoms with Crippen LogP contribution in [0.5, 0.6) is 0 Å². The number of ketones is 6. The zero-order valence-corrected chi connectivity index (χ0v) is 21.0. The third-order valence-electron chi connectivity index (χ3n) is 2.14. The van der Waals surface area contributed by atoms with Gasteiger partial charge in [-0.3, -0.25) is 28.8 Å². The molecule has 0 atom stereocenters. The number of carbonyl (C=O) groups excluding carboxylic acids is 6. The van der Waals surface area contributed by atoms with Gasteiger partial charge in [0.05, 0.1) is 0 Å². The van der Waals surface area contributed by atoms with E-state index in [1.807, 2.05) is 0 Å². The molecule has 0 aromatic carbocycles. The summed E-state index contributed by atoms with van der Waals surface area (Å²) in [6.45, 7) is 8.25.